The fourth-order valence-corrected chi connectivity index (χ4v) is 3.45. The van der Waals surface area contributed by atoms with Crippen LogP contribution in [0.5, 0.6) is 0 Å². The summed E-state index contributed by atoms with van der Waals surface area (Å²) < 4.78 is 1.89. The van der Waals surface area contributed by atoms with Gasteiger partial charge in [0.2, 0.25) is 0 Å². The molecule has 3 heterocycles. The number of imidazole rings is 1. The second kappa shape index (κ2) is 7.30. The van der Waals surface area contributed by atoms with Gasteiger partial charge in [0.1, 0.15) is 12.1 Å². The number of aliphatic hydroxyl groups is 1. The van der Waals surface area contributed by atoms with E-state index >= 15 is 0 Å². The molecule has 3 aromatic heterocycles. The first-order valence-electron chi connectivity index (χ1n) is 8.53. The maximum absolute atomic E-state index is 9.32. The van der Waals surface area contributed by atoms with Crippen molar-refractivity contribution >= 4 is 22.2 Å². The third-order valence-corrected chi connectivity index (χ3v) is 5.01. The first kappa shape index (κ1) is 17.4. The monoisotopic (exact) mass is 377 g/mol. The molecule has 0 saturated heterocycles. The molecule has 0 spiro atoms. The number of rotatable bonds is 5. The van der Waals surface area contributed by atoms with Crippen molar-refractivity contribution in [3.8, 4) is 17.1 Å². The average molecular weight is 377 g/mol. The molecule has 4 rings (SSSR count). The standard InChI is InChI=1S/C20H19N5OS/c1-13-3-4-15(10-26)7-17(13)23-20-24-18(11-27-20)16-5-6-19(21-8-16)25-9-14(2)22-12-25/h3-9,11-12,26H,10H2,1-2H3,(H,23,24). The van der Waals surface area contributed by atoms with Crippen LogP contribution in [0.2, 0.25) is 0 Å². The second-order valence-electron chi connectivity index (χ2n) is 6.30. The Morgan fingerprint density at radius 3 is 2.74 bits per heavy atom. The molecule has 1 aromatic carbocycles. The summed E-state index contributed by atoms with van der Waals surface area (Å²) in [5, 5.41) is 15.5. The van der Waals surface area contributed by atoms with Gasteiger partial charge >= 0.3 is 0 Å². The number of nitrogens with zero attached hydrogens (tertiary/aromatic N) is 4. The average Bonchev–Trinajstić information content (AvgIpc) is 3.33. The maximum Gasteiger partial charge on any atom is 0.187 e. The van der Waals surface area contributed by atoms with Crippen molar-refractivity contribution in [1.29, 1.82) is 0 Å². The predicted molar refractivity (Wildman–Crippen MR) is 108 cm³/mol. The molecule has 4 aromatic rings. The Morgan fingerprint density at radius 2 is 2.04 bits per heavy atom. The fraction of sp³-hybridized carbons (Fsp3) is 0.150. The van der Waals surface area contributed by atoms with Crippen LogP contribution in [-0.2, 0) is 6.61 Å². The van der Waals surface area contributed by atoms with Gasteiger partial charge in [-0.2, -0.15) is 0 Å². The van der Waals surface area contributed by atoms with Crippen LogP contribution in [-0.4, -0.2) is 24.6 Å². The van der Waals surface area contributed by atoms with Crippen molar-refractivity contribution in [2.75, 3.05) is 5.32 Å². The van der Waals surface area contributed by atoms with Gasteiger partial charge in [0, 0.05) is 29.0 Å². The zero-order valence-electron chi connectivity index (χ0n) is 15.0. The predicted octanol–water partition coefficient (Wildman–Crippen LogP) is 4.24. The highest BCUT2D eigenvalue weighted by molar-refractivity contribution is 7.14. The normalized spacial score (nSPS) is 10.9. The lowest BCUT2D eigenvalue weighted by atomic mass is 10.1. The Bertz CT molecular complexity index is 1070. The number of benzene rings is 1. The van der Waals surface area contributed by atoms with Crippen molar-refractivity contribution in [2.45, 2.75) is 20.5 Å². The first-order valence-corrected chi connectivity index (χ1v) is 9.40. The van der Waals surface area contributed by atoms with E-state index in [4.69, 9.17) is 0 Å². The molecule has 0 saturated carbocycles. The molecule has 0 aliphatic heterocycles. The summed E-state index contributed by atoms with van der Waals surface area (Å²) in [6, 6.07) is 9.82. The van der Waals surface area contributed by atoms with Crippen molar-refractivity contribution in [3.63, 3.8) is 0 Å². The van der Waals surface area contributed by atoms with Crippen LogP contribution in [0.25, 0.3) is 17.1 Å². The van der Waals surface area contributed by atoms with E-state index in [0.29, 0.717) is 0 Å². The SMILES string of the molecule is Cc1cn(-c2ccc(-c3csc(Nc4cc(CO)ccc4C)n3)cn2)cn1. The molecular formula is C20H19N5OS. The molecule has 0 radical (unpaired) electrons. The van der Waals surface area contributed by atoms with Crippen molar-refractivity contribution in [2.24, 2.45) is 0 Å². The van der Waals surface area contributed by atoms with Gasteiger partial charge < -0.3 is 10.4 Å². The van der Waals surface area contributed by atoms with Crippen LogP contribution >= 0.6 is 11.3 Å². The highest BCUT2D eigenvalue weighted by Crippen LogP contribution is 2.28. The Kier molecular flexibility index (Phi) is 4.70. The van der Waals surface area contributed by atoms with Crippen molar-refractivity contribution in [3.05, 3.63) is 71.3 Å². The highest BCUT2D eigenvalue weighted by atomic mass is 32.1. The zero-order valence-corrected chi connectivity index (χ0v) is 15.9. The number of thiazole rings is 1. The molecule has 136 valence electrons. The molecule has 6 nitrogen and oxygen atoms in total. The van der Waals surface area contributed by atoms with Gasteiger partial charge in [0.25, 0.3) is 0 Å². The summed E-state index contributed by atoms with van der Waals surface area (Å²) in [7, 11) is 0. The van der Waals surface area contributed by atoms with Gasteiger partial charge in [-0.05, 0) is 43.2 Å². The molecule has 0 atom stereocenters. The third kappa shape index (κ3) is 3.74. The Balaban J connectivity index is 1.54. The van der Waals surface area contributed by atoms with E-state index in [-0.39, 0.29) is 6.61 Å². The number of hydrogen-bond acceptors (Lipinski definition) is 6. The molecule has 0 aliphatic carbocycles. The van der Waals surface area contributed by atoms with Crippen LogP contribution in [0.3, 0.4) is 0 Å². The molecule has 0 unspecified atom stereocenters. The lowest BCUT2D eigenvalue weighted by Gasteiger charge is -2.08. The summed E-state index contributed by atoms with van der Waals surface area (Å²) >= 11 is 1.54. The Hall–Kier alpha value is -3.03. The van der Waals surface area contributed by atoms with E-state index in [1.54, 1.807) is 6.33 Å². The van der Waals surface area contributed by atoms with Gasteiger partial charge in [-0.3, -0.25) is 4.57 Å². The maximum atomic E-state index is 9.32. The van der Waals surface area contributed by atoms with E-state index in [0.717, 1.165) is 44.7 Å². The Labute approximate surface area is 161 Å². The number of pyridine rings is 1. The fourth-order valence-electron chi connectivity index (χ4n) is 2.72. The van der Waals surface area contributed by atoms with Crippen LogP contribution < -0.4 is 5.32 Å². The van der Waals surface area contributed by atoms with E-state index in [9.17, 15) is 5.11 Å². The largest absolute Gasteiger partial charge is 0.392 e. The lowest BCUT2D eigenvalue weighted by molar-refractivity contribution is 0.282. The second-order valence-corrected chi connectivity index (χ2v) is 7.16. The molecule has 0 fully saturated rings. The first-order chi connectivity index (χ1) is 13.1. The highest BCUT2D eigenvalue weighted by Gasteiger charge is 2.08. The van der Waals surface area contributed by atoms with E-state index < -0.39 is 0 Å². The minimum atomic E-state index is 0.0204. The summed E-state index contributed by atoms with van der Waals surface area (Å²) in [6.07, 6.45) is 5.52. The van der Waals surface area contributed by atoms with Gasteiger partial charge in [0.05, 0.1) is 18.0 Å². The zero-order chi connectivity index (χ0) is 18.8. The van der Waals surface area contributed by atoms with Gasteiger partial charge in [-0.15, -0.1) is 11.3 Å². The molecule has 0 amide bonds. The minimum Gasteiger partial charge on any atom is -0.392 e. The number of nitrogens with one attached hydrogen (secondary N) is 1. The van der Waals surface area contributed by atoms with Crippen LogP contribution in [0.4, 0.5) is 10.8 Å². The quantitative estimate of drug-likeness (QED) is 0.544. The summed E-state index contributed by atoms with van der Waals surface area (Å²) in [5.41, 5.74) is 5.71. The molecular weight excluding hydrogens is 358 g/mol. The number of hydrogen-bond donors (Lipinski definition) is 2. The third-order valence-electron chi connectivity index (χ3n) is 4.25. The van der Waals surface area contributed by atoms with Crippen molar-refractivity contribution in [1.82, 2.24) is 19.5 Å². The van der Waals surface area contributed by atoms with Crippen LogP contribution in [0.15, 0.2) is 54.4 Å². The van der Waals surface area contributed by atoms with E-state index in [2.05, 4.69) is 20.3 Å². The molecule has 2 N–H and O–H groups in total. The Morgan fingerprint density at radius 1 is 1.15 bits per heavy atom. The molecule has 27 heavy (non-hydrogen) atoms. The number of aliphatic hydroxyl groups excluding tert-OH is 1. The molecule has 7 heteroatoms. The van der Waals surface area contributed by atoms with Gasteiger partial charge in [-0.25, -0.2) is 15.0 Å². The van der Waals surface area contributed by atoms with Gasteiger partial charge in [-0.1, -0.05) is 12.1 Å². The summed E-state index contributed by atoms with van der Waals surface area (Å²) in [5.74, 6) is 0.823. The molecule has 0 bridgehead atoms. The topological polar surface area (TPSA) is 75.9 Å². The lowest BCUT2D eigenvalue weighted by Crippen LogP contribution is -1.95. The summed E-state index contributed by atoms with van der Waals surface area (Å²) in [4.78, 5) is 13.4. The van der Waals surface area contributed by atoms with Crippen LogP contribution in [0, 0.1) is 13.8 Å². The summed E-state index contributed by atoms with van der Waals surface area (Å²) in [6.45, 7) is 4.00. The number of aromatic nitrogens is 4. The van der Waals surface area contributed by atoms with Gasteiger partial charge in [0.15, 0.2) is 5.13 Å². The van der Waals surface area contributed by atoms with Crippen LogP contribution in [0.1, 0.15) is 16.8 Å². The smallest absolute Gasteiger partial charge is 0.187 e. The van der Waals surface area contributed by atoms with E-state index in [1.165, 1.54) is 11.3 Å². The molecule has 0 aliphatic rings. The number of aryl methyl sites for hydroxylation is 2. The van der Waals surface area contributed by atoms with E-state index in [1.807, 2.05) is 66.5 Å². The minimum absolute atomic E-state index is 0.0204. The van der Waals surface area contributed by atoms with Crippen molar-refractivity contribution < 1.29 is 5.11 Å². The number of anilines is 2.